The highest BCUT2D eigenvalue weighted by atomic mass is 32.1. The summed E-state index contributed by atoms with van der Waals surface area (Å²) in [5, 5.41) is 42.0. The molecule has 0 radical (unpaired) electrons. The molecule has 1 aliphatic carbocycles. The van der Waals surface area contributed by atoms with Crippen LogP contribution in [-0.4, -0.2) is 150 Å². The maximum Gasteiger partial charge on any atom is 0.243 e. The maximum absolute atomic E-state index is 14.4. The first-order chi connectivity index (χ1) is 38.2. The summed E-state index contributed by atoms with van der Waals surface area (Å²) >= 11 is 1.60. The number of aliphatic hydroxyl groups excluding tert-OH is 1. The standard InChI is InChI=1S/C60H78N12O6S/c1-36(2)56(60(76)71-34-46(73)28-52(71)59(75)64-37(3)41-10-12-43(13-11-41)57-38(4)62-35-79-57)54-30-55(67-78-54)70-22-14-40(15-23-70)32-68-20-18-47(19-21-68)77-48-26-45(27-48)69-24-16-42(17-25-69)39(5)72-33-44(31-63-72)50-29-51(65-66-58(50)61)49-8-6-7-9-53(49)74/h6-13,29-31,33,35-37,39-40,42,45-48,52,56,73-74H,14-28,32,34H2,1-5H3,(H2,61,66)(H,64,75)/t37-,39+,45-,46+,48-,52-,56+/m0/s1. The first kappa shape index (κ1) is 54.7. The van der Waals surface area contributed by atoms with Gasteiger partial charge in [0, 0.05) is 80.7 Å². The predicted molar refractivity (Wildman–Crippen MR) is 305 cm³/mol. The molecule has 79 heavy (non-hydrogen) atoms. The second-order valence-electron chi connectivity index (χ2n) is 23.5. The minimum absolute atomic E-state index is 0.0904. The molecule has 4 saturated heterocycles. The Hall–Kier alpha value is -6.25. The van der Waals surface area contributed by atoms with Crippen LogP contribution in [0.3, 0.4) is 0 Å². The quantitative estimate of drug-likeness (QED) is 0.0673. The van der Waals surface area contributed by atoms with Crippen LogP contribution in [0.4, 0.5) is 11.6 Å². The topological polar surface area (TPSA) is 217 Å². The van der Waals surface area contributed by atoms with Gasteiger partial charge in [-0.05, 0) is 132 Å². The van der Waals surface area contributed by atoms with Gasteiger partial charge in [0.25, 0.3) is 0 Å². The van der Waals surface area contributed by atoms with Crippen molar-refractivity contribution in [1.82, 2.24) is 50.1 Å². The number of nitrogen functional groups attached to an aromatic ring is 1. The molecule has 4 aromatic heterocycles. The van der Waals surface area contributed by atoms with E-state index in [2.05, 4.69) is 58.2 Å². The summed E-state index contributed by atoms with van der Waals surface area (Å²) in [4.78, 5) is 42.9. The van der Waals surface area contributed by atoms with Crippen LogP contribution < -0.4 is 16.0 Å². The molecule has 4 aliphatic heterocycles. The molecule has 5 aliphatic rings. The summed E-state index contributed by atoms with van der Waals surface area (Å²) in [7, 11) is 0. The second kappa shape index (κ2) is 23.8. The first-order valence-electron chi connectivity index (χ1n) is 28.8. The summed E-state index contributed by atoms with van der Waals surface area (Å²) in [5.41, 5.74) is 14.0. The van der Waals surface area contributed by atoms with Crippen molar-refractivity contribution in [2.45, 2.75) is 141 Å². The number of amides is 2. The molecule has 1 saturated carbocycles. The Kier molecular flexibility index (Phi) is 16.5. The molecule has 0 unspecified atom stereocenters. The molecule has 0 bridgehead atoms. The highest BCUT2D eigenvalue weighted by Crippen LogP contribution is 2.39. The fourth-order valence-corrected chi connectivity index (χ4v) is 13.8. The number of carbonyl (C=O) groups is 2. The van der Waals surface area contributed by atoms with Gasteiger partial charge in [-0.1, -0.05) is 55.4 Å². The number of nitrogens with one attached hydrogen (secondary N) is 1. The lowest BCUT2D eigenvalue weighted by Crippen LogP contribution is -2.52. The zero-order chi connectivity index (χ0) is 54.9. The van der Waals surface area contributed by atoms with Crippen molar-refractivity contribution < 1.29 is 29.1 Å². The maximum atomic E-state index is 14.4. The van der Waals surface area contributed by atoms with Crippen molar-refractivity contribution in [2.24, 2.45) is 17.8 Å². The van der Waals surface area contributed by atoms with E-state index < -0.39 is 18.1 Å². The van der Waals surface area contributed by atoms with Crippen LogP contribution in [-0.2, 0) is 14.3 Å². The molecular formula is C60H78N12O6S. The number of aryl methyl sites for hydroxylation is 1. The van der Waals surface area contributed by atoms with E-state index in [-0.39, 0.29) is 48.5 Å². The van der Waals surface area contributed by atoms with Gasteiger partial charge in [0.05, 0.1) is 58.4 Å². The van der Waals surface area contributed by atoms with E-state index in [1.165, 1.54) is 0 Å². The molecule has 5 N–H and O–H groups in total. The zero-order valence-corrected chi connectivity index (χ0v) is 47.2. The van der Waals surface area contributed by atoms with Gasteiger partial charge in [0.15, 0.2) is 17.4 Å². The van der Waals surface area contributed by atoms with Crippen molar-refractivity contribution in [3.05, 3.63) is 95.6 Å². The van der Waals surface area contributed by atoms with E-state index in [1.54, 1.807) is 28.4 Å². The summed E-state index contributed by atoms with van der Waals surface area (Å²) in [6.45, 7) is 17.5. The third kappa shape index (κ3) is 12.1. The Morgan fingerprint density at radius 3 is 2.33 bits per heavy atom. The van der Waals surface area contributed by atoms with Gasteiger partial charge in [0.1, 0.15) is 17.7 Å². The Balaban J connectivity index is 0.586. The molecule has 19 heteroatoms. The number of aromatic nitrogens is 6. The van der Waals surface area contributed by atoms with Crippen LogP contribution >= 0.6 is 11.3 Å². The molecule has 0 spiro atoms. The highest BCUT2D eigenvalue weighted by Gasteiger charge is 2.44. The number of phenolic OH excluding ortho intramolecular Hbond substituents is 1. The number of phenols is 1. The van der Waals surface area contributed by atoms with Crippen LogP contribution in [0.25, 0.3) is 32.8 Å². The number of aromatic hydroxyl groups is 1. The number of nitrogens with two attached hydrogens (primary N) is 1. The number of hydrogen-bond acceptors (Lipinski definition) is 16. The third-order valence-electron chi connectivity index (χ3n) is 17.9. The number of benzene rings is 2. The van der Waals surface area contributed by atoms with Gasteiger partial charge < -0.3 is 50.1 Å². The number of anilines is 2. The largest absolute Gasteiger partial charge is 0.507 e. The number of aliphatic hydroxyl groups is 1. The Morgan fingerprint density at radius 2 is 1.62 bits per heavy atom. The fraction of sp³-hybridized carbons (Fsp3) is 0.550. The van der Waals surface area contributed by atoms with Crippen LogP contribution in [0.5, 0.6) is 5.75 Å². The van der Waals surface area contributed by atoms with E-state index in [9.17, 15) is 19.8 Å². The SMILES string of the molecule is Cc1ncsc1-c1ccc([C@H](C)NC(=O)[C@@H]2C[C@@H](O)CN2C(=O)[C@@H](c2cc(N3CCC(CN4CCC(O[C@H]5C[C@H](N6CCC([C@@H](C)n7cc(-c8cc(-c9ccccc9O)nnc8N)cn7)CC6)C5)CC4)CC3)no2)C(C)C)cc1. The minimum atomic E-state index is -0.797. The molecule has 2 amide bonds. The number of rotatable bonds is 17. The zero-order valence-electron chi connectivity index (χ0n) is 46.4. The van der Waals surface area contributed by atoms with E-state index in [0.717, 1.165) is 136 Å². The molecule has 6 aromatic rings. The van der Waals surface area contributed by atoms with Gasteiger partial charge in [-0.3, -0.25) is 14.3 Å². The van der Waals surface area contributed by atoms with E-state index in [4.69, 9.17) is 20.1 Å². The van der Waals surface area contributed by atoms with Crippen molar-refractivity contribution in [2.75, 3.05) is 63.0 Å². The molecule has 420 valence electrons. The average molecular weight is 1100 g/mol. The monoisotopic (exact) mass is 1090 g/mol. The molecule has 11 rings (SSSR count). The van der Waals surface area contributed by atoms with Crippen LogP contribution in [0.15, 0.2) is 83.1 Å². The summed E-state index contributed by atoms with van der Waals surface area (Å²) in [5.74, 6) is 1.59. The van der Waals surface area contributed by atoms with Gasteiger partial charge >= 0.3 is 0 Å². The minimum Gasteiger partial charge on any atom is -0.507 e. The van der Waals surface area contributed by atoms with Gasteiger partial charge in [-0.2, -0.15) is 5.10 Å². The van der Waals surface area contributed by atoms with E-state index in [1.807, 2.05) is 87.9 Å². The lowest BCUT2D eigenvalue weighted by Gasteiger charge is -2.47. The van der Waals surface area contributed by atoms with Gasteiger partial charge in [-0.25, -0.2) is 4.98 Å². The number of β-amino-alcohol motifs (C(OH)–C–C–N with tert-alkyl or cyclic N) is 1. The van der Waals surface area contributed by atoms with E-state index >= 15 is 0 Å². The number of piperidine rings is 3. The predicted octanol–water partition coefficient (Wildman–Crippen LogP) is 8.50. The van der Waals surface area contributed by atoms with Crippen molar-refractivity contribution in [3.8, 4) is 38.6 Å². The molecule has 5 fully saturated rings. The summed E-state index contributed by atoms with van der Waals surface area (Å²) in [6.07, 6.45) is 12.8. The average Bonchev–Trinajstić information content (AvgIpc) is 4.36. The third-order valence-corrected chi connectivity index (χ3v) is 18.9. The lowest BCUT2D eigenvalue weighted by atomic mass is 9.83. The summed E-state index contributed by atoms with van der Waals surface area (Å²) < 4.78 is 14.7. The molecule has 8 heterocycles. The second-order valence-corrected chi connectivity index (χ2v) is 24.4. The van der Waals surface area contributed by atoms with Crippen molar-refractivity contribution >= 4 is 34.8 Å². The van der Waals surface area contributed by atoms with Crippen molar-refractivity contribution in [1.29, 1.82) is 0 Å². The molecule has 18 nitrogen and oxygen atoms in total. The highest BCUT2D eigenvalue weighted by molar-refractivity contribution is 7.13. The fourth-order valence-electron chi connectivity index (χ4n) is 13.0. The van der Waals surface area contributed by atoms with Crippen LogP contribution in [0, 0.1) is 24.7 Å². The molecular weight excluding hydrogens is 1020 g/mol. The lowest BCUT2D eigenvalue weighted by molar-refractivity contribution is -0.141. The Morgan fingerprint density at radius 1 is 0.873 bits per heavy atom. The van der Waals surface area contributed by atoms with Gasteiger partial charge in [0.2, 0.25) is 11.8 Å². The van der Waals surface area contributed by atoms with E-state index in [0.29, 0.717) is 52.9 Å². The number of nitrogens with zero attached hydrogens (tertiary/aromatic N) is 10. The van der Waals surface area contributed by atoms with Crippen molar-refractivity contribution in [3.63, 3.8) is 0 Å². The Labute approximate surface area is 467 Å². The smallest absolute Gasteiger partial charge is 0.243 e. The summed E-state index contributed by atoms with van der Waals surface area (Å²) in [6, 6.07) is 18.8. The number of likely N-dealkylation sites (tertiary alicyclic amines) is 3. The number of para-hydroxylation sites is 1. The number of thiazole rings is 1. The Bertz CT molecular complexity index is 3020. The normalized spacial score (nSPS) is 23.2. The van der Waals surface area contributed by atoms with Crippen LogP contribution in [0.2, 0.25) is 0 Å². The number of hydrogen-bond donors (Lipinski definition) is 4. The molecule has 5 atom stereocenters. The van der Waals surface area contributed by atoms with Gasteiger partial charge in [-0.15, -0.1) is 21.5 Å². The first-order valence-corrected chi connectivity index (χ1v) is 29.7. The molecule has 2 aromatic carbocycles. The number of ether oxygens (including phenoxy) is 1. The number of carbonyl (C=O) groups excluding carboxylic acids is 2. The van der Waals surface area contributed by atoms with Crippen LogP contribution in [0.1, 0.15) is 121 Å².